The number of aryl methyl sites for hydroxylation is 3. The van der Waals surface area contributed by atoms with Gasteiger partial charge in [-0.25, -0.2) is 0 Å². The van der Waals surface area contributed by atoms with Crippen molar-refractivity contribution in [2.24, 2.45) is 14.1 Å². The van der Waals surface area contributed by atoms with Crippen LogP contribution < -0.4 is 5.32 Å². The third kappa shape index (κ3) is 2.56. The van der Waals surface area contributed by atoms with Crippen molar-refractivity contribution in [2.75, 3.05) is 0 Å². The molecule has 0 fully saturated rings. The van der Waals surface area contributed by atoms with Crippen LogP contribution in [0.4, 0.5) is 0 Å². The van der Waals surface area contributed by atoms with E-state index >= 15 is 0 Å². The van der Waals surface area contributed by atoms with Crippen molar-refractivity contribution in [1.82, 2.24) is 24.9 Å². The first-order valence-electron chi connectivity index (χ1n) is 5.86. The summed E-state index contributed by atoms with van der Waals surface area (Å²) in [6.07, 6.45) is 1.76. The predicted molar refractivity (Wildman–Crippen MR) is 74.8 cm³/mol. The van der Waals surface area contributed by atoms with E-state index in [0.29, 0.717) is 12.2 Å². The van der Waals surface area contributed by atoms with Crippen molar-refractivity contribution < 1.29 is 4.79 Å². The fourth-order valence-electron chi connectivity index (χ4n) is 1.86. The minimum Gasteiger partial charge on any atom is -0.346 e. The smallest absolute Gasteiger partial charge is 0.270 e. The highest BCUT2D eigenvalue weighted by atomic mass is 79.9. The molecular formula is C12H16BrN5O. The third-order valence-electron chi connectivity index (χ3n) is 3.14. The molecule has 102 valence electrons. The van der Waals surface area contributed by atoms with E-state index < -0.39 is 0 Å². The van der Waals surface area contributed by atoms with Crippen molar-refractivity contribution in [1.29, 1.82) is 0 Å². The fraction of sp³-hybridized carbons (Fsp3) is 0.417. The van der Waals surface area contributed by atoms with Crippen LogP contribution in [0, 0.1) is 13.8 Å². The summed E-state index contributed by atoms with van der Waals surface area (Å²) in [5.74, 6) is -0.154. The Morgan fingerprint density at radius 2 is 2.05 bits per heavy atom. The average Bonchev–Trinajstić information content (AvgIpc) is 2.79. The molecule has 0 radical (unpaired) electrons. The molecule has 0 aliphatic heterocycles. The molecule has 7 heteroatoms. The molecule has 2 rings (SSSR count). The summed E-state index contributed by atoms with van der Waals surface area (Å²) in [7, 11) is 3.63. The van der Waals surface area contributed by atoms with Crippen LogP contribution in [0.5, 0.6) is 0 Å². The first kappa shape index (κ1) is 13.8. The second kappa shape index (κ2) is 5.16. The summed E-state index contributed by atoms with van der Waals surface area (Å²) < 4.78 is 4.09. The number of halogens is 1. The maximum absolute atomic E-state index is 12.2. The van der Waals surface area contributed by atoms with Gasteiger partial charge in [0.25, 0.3) is 5.91 Å². The normalized spacial score (nSPS) is 10.8. The quantitative estimate of drug-likeness (QED) is 0.929. The monoisotopic (exact) mass is 325 g/mol. The van der Waals surface area contributed by atoms with Gasteiger partial charge in [0.2, 0.25) is 0 Å². The lowest BCUT2D eigenvalue weighted by Crippen LogP contribution is -2.25. The second-order valence-electron chi connectivity index (χ2n) is 4.43. The van der Waals surface area contributed by atoms with E-state index in [1.807, 2.05) is 20.9 Å². The third-order valence-corrected chi connectivity index (χ3v) is 4.09. The van der Waals surface area contributed by atoms with Crippen molar-refractivity contribution in [2.45, 2.75) is 20.4 Å². The molecule has 2 aromatic rings. The Bertz CT molecular complexity index is 628. The Balaban J connectivity index is 2.12. The summed E-state index contributed by atoms with van der Waals surface area (Å²) in [4.78, 5) is 12.2. The summed E-state index contributed by atoms with van der Waals surface area (Å²) in [5, 5.41) is 11.2. The maximum atomic E-state index is 12.2. The zero-order valence-electron chi connectivity index (χ0n) is 11.4. The van der Waals surface area contributed by atoms with E-state index in [0.717, 1.165) is 21.4 Å². The molecule has 0 saturated carbocycles. The van der Waals surface area contributed by atoms with Crippen LogP contribution in [0.15, 0.2) is 10.7 Å². The molecule has 2 aromatic heterocycles. The standard InChI is InChI=1S/C12H16BrN5O/c1-7-10(13)11(18(4)16-7)12(19)14-5-9-6-15-17(3)8(9)2/h6H,5H2,1-4H3,(H,14,19). The van der Waals surface area contributed by atoms with Gasteiger partial charge < -0.3 is 5.32 Å². The highest BCUT2D eigenvalue weighted by Gasteiger charge is 2.18. The Labute approximate surface area is 119 Å². The number of carbonyl (C=O) groups is 1. The second-order valence-corrected chi connectivity index (χ2v) is 5.23. The molecular weight excluding hydrogens is 310 g/mol. The van der Waals surface area contributed by atoms with Crippen molar-refractivity contribution in [3.05, 3.63) is 33.3 Å². The van der Waals surface area contributed by atoms with Crippen molar-refractivity contribution in [3.8, 4) is 0 Å². The highest BCUT2D eigenvalue weighted by molar-refractivity contribution is 9.10. The Morgan fingerprint density at radius 3 is 2.53 bits per heavy atom. The van der Waals surface area contributed by atoms with Crippen LogP contribution >= 0.6 is 15.9 Å². The van der Waals surface area contributed by atoms with E-state index in [9.17, 15) is 4.79 Å². The van der Waals surface area contributed by atoms with Gasteiger partial charge in [-0.15, -0.1) is 0 Å². The number of nitrogens with zero attached hydrogens (tertiary/aromatic N) is 4. The van der Waals surface area contributed by atoms with Gasteiger partial charge in [-0.3, -0.25) is 14.2 Å². The molecule has 0 aliphatic rings. The minimum atomic E-state index is -0.154. The lowest BCUT2D eigenvalue weighted by atomic mass is 10.2. The molecule has 6 nitrogen and oxygen atoms in total. The Kier molecular flexibility index (Phi) is 3.75. The number of hydrogen-bond acceptors (Lipinski definition) is 3. The van der Waals surface area contributed by atoms with Gasteiger partial charge in [-0.2, -0.15) is 10.2 Å². The van der Waals surface area contributed by atoms with Crippen LogP contribution in [0.3, 0.4) is 0 Å². The number of aromatic nitrogens is 4. The van der Waals surface area contributed by atoms with Gasteiger partial charge in [0.05, 0.1) is 16.4 Å². The van der Waals surface area contributed by atoms with Gasteiger partial charge >= 0.3 is 0 Å². The molecule has 0 saturated heterocycles. The van der Waals surface area contributed by atoms with Gasteiger partial charge in [-0.05, 0) is 29.8 Å². The molecule has 0 spiro atoms. The Hall–Kier alpha value is -1.63. The Morgan fingerprint density at radius 1 is 1.37 bits per heavy atom. The van der Waals surface area contributed by atoms with Crippen LogP contribution in [-0.4, -0.2) is 25.5 Å². The van der Waals surface area contributed by atoms with Crippen LogP contribution in [-0.2, 0) is 20.6 Å². The fourth-order valence-corrected chi connectivity index (χ4v) is 2.37. The molecule has 1 amide bonds. The lowest BCUT2D eigenvalue weighted by Gasteiger charge is -2.06. The van der Waals surface area contributed by atoms with E-state index in [4.69, 9.17) is 0 Å². The van der Waals surface area contributed by atoms with E-state index in [1.165, 1.54) is 0 Å². The maximum Gasteiger partial charge on any atom is 0.270 e. The summed E-state index contributed by atoms with van der Waals surface area (Å²) in [6.45, 7) is 4.28. The molecule has 0 bridgehead atoms. The number of amides is 1. The summed E-state index contributed by atoms with van der Waals surface area (Å²) in [5.41, 5.74) is 3.37. The highest BCUT2D eigenvalue weighted by Crippen LogP contribution is 2.20. The van der Waals surface area contributed by atoms with E-state index in [2.05, 4.69) is 31.4 Å². The molecule has 2 heterocycles. The van der Waals surface area contributed by atoms with Crippen molar-refractivity contribution >= 4 is 21.8 Å². The zero-order chi connectivity index (χ0) is 14.2. The first-order valence-corrected chi connectivity index (χ1v) is 6.66. The van der Waals surface area contributed by atoms with Crippen LogP contribution in [0.25, 0.3) is 0 Å². The van der Waals surface area contributed by atoms with Gasteiger partial charge in [-0.1, -0.05) is 0 Å². The van der Waals surface area contributed by atoms with E-state index in [-0.39, 0.29) is 5.91 Å². The summed E-state index contributed by atoms with van der Waals surface area (Å²) >= 11 is 3.39. The van der Waals surface area contributed by atoms with Crippen LogP contribution in [0.2, 0.25) is 0 Å². The minimum absolute atomic E-state index is 0.154. The summed E-state index contributed by atoms with van der Waals surface area (Å²) in [6, 6.07) is 0. The number of hydrogen-bond donors (Lipinski definition) is 1. The number of rotatable bonds is 3. The number of nitrogens with one attached hydrogen (secondary N) is 1. The van der Waals surface area contributed by atoms with Crippen LogP contribution in [0.1, 0.15) is 27.4 Å². The van der Waals surface area contributed by atoms with Gasteiger partial charge in [0, 0.05) is 31.9 Å². The molecule has 1 N–H and O–H groups in total. The van der Waals surface area contributed by atoms with E-state index in [1.54, 1.807) is 22.6 Å². The first-order chi connectivity index (χ1) is 8.91. The SMILES string of the molecule is Cc1nn(C)c(C(=O)NCc2cnn(C)c2C)c1Br. The molecule has 0 aromatic carbocycles. The topological polar surface area (TPSA) is 64.7 Å². The molecule has 19 heavy (non-hydrogen) atoms. The predicted octanol–water partition coefficient (Wildman–Crippen LogP) is 1.46. The van der Waals surface area contributed by atoms with Gasteiger partial charge in [0.15, 0.2) is 0 Å². The molecule has 0 aliphatic carbocycles. The van der Waals surface area contributed by atoms with Gasteiger partial charge in [0.1, 0.15) is 5.69 Å². The van der Waals surface area contributed by atoms with Crippen molar-refractivity contribution in [3.63, 3.8) is 0 Å². The largest absolute Gasteiger partial charge is 0.346 e. The molecule has 0 atom stereocenters. The number of carbonyl (C=O) groups excluding carboxylic acids is 1. The lowest BCUT2D eigenvalue weighted by molar-refractivity contribution is 0.0940. The average molecular weight is 326 g/mol. The molecule has 0 unspecified atom stereocenters. The zero-order valence-corrected chi connectivity index (χ0v) is 12.9.